The molecule has 0 aromatic heterocycles. The van der Waals surface area contributed by atoms with Gasteiger partial charge in [-0.2, -0.15) is 0 Å². The molecule has 0 radical (unpaired) electrons. The van der Waals surface area contributed by atoms with E-state index in [1.165, 1.54) is 0 Å². The molecule has 0 unspecified atom stereocenters. The van der Waals surface area contributed by atoms with E-state index in [2.05, 4.69) is 0 Å². The molecule has 0 spiro atoms. The molecule has 1 aromatic carbocycles. The number of hydrogen-bond acceptors (Lipinski definition) is 4. The fraction of sp³-hybridized carbons (Fsp3) is 0.538. The standard InChI is InChI=1S/C13H17NO3/c14-10-9(11(15)13-12(10)17-13)7-16-6-8-4-2-1-3-5-8/h1-5,9-13,15H,6-7,14H2/t9-,10-,11+,12-,13+/m0/s1. The summed E-state index contributed by atoms with van der Waals surface area (Å²) in [7, 11) is 0. The predicted molar refractivity (Wildman–Crippen MR) is 62.2 cm³/mol. The number of ether oxygens (including phenoxy) is 2. The Morgan fingerprint density at radius 2 is 2.00 bits per heavy atom. The third-order valence-electron chi connectivity index (χ3n) is 3.63. The van der Waals surface area contributed by atoms with Crippen LogP contribution in [0.25, 0.3) is 0 Å². The van der Waals surface area contributed by atoms with Gasteiger partial charge in [-0.15, -0.1) is 0 Å². The highest BCUT2D eigenvalue weighted by Crippen LogP contribution is 2.41. The van der Waals surface area contributed by atoms with Crippen LogP contribution in [0.3, 0.4) is 0 Å². The van der Waals surface area contributed by atoms with Crippen molar-refractivity contribution in [1.29, 1.82) is 0 Å². The molecule has 0 bridgehead atoms. The van der Waals surface area contributed by atoms with Gasteiger partial charge in [0.05, 0.1) is 19.3 Å². The number of aliphatic hydroxyl groups is 1. The van der Waals surface area contributed by atoms with Crippen LogP contribution in [0.15, 0.2) is 30.3 Å². The average Bonchev–Trinajstić information content (AvgIpc) is 3.10. The summed E-state index contributed by atoms with van der Waals surface area (Å²) in [5, 5.41) is 9.88. The Bertz CT molecular complexity index is 370. The summed E-state index contributed by atoms with van der Waals surface area (Å²) in [5.41, 5.74) is 7.10. The summed E-state index contributed by atoms with van der Waals surface area (Å²) >= 11 is 0. The van der Waals surface area contributed by atoms with E-state index in [4.69, 9.17) is 15.2 Å². The highest BCUT2D eigenvalue weighted by Gasteiger charge is 2.60. The van der Waals surface area contributed by atoms with E-state index in [-0.39, 0.29) is 24.2 Å². The number of nitrogens with two attached hydrogens (primary N) is 1. The zero-order chi connectivity index (χ0) is 11.8. The Balaban J connectivity index is 1.49. The Morgan fingerprint density at radius 3 is 2.65 bits per heavy atom. The van der Waals surface area contributed by atoms with Crippen LogP contribution in [0.1, 0.15) is 5.56 Å². The van der Waals surface area contributed by atoms with E-state index >= 15 is 0 Å². The van der Waals surface area contributed by atoms with Gasteiger partial charge >= 0.3 is 0 Å². The minimum absolute atomic E-state index is 0.00228. The molecule has 0 amide bonds. The molecule has 4 heteroatoms. The molecule has 1 saturated carbocycles. The van der Waals surface area contributed by atoms with E-state index in [9.17, 15) is 5.11 Å². The van der Waals surface area contributed by atoms with Gasteiger partial charge in [0.1, 0.15) is 12.2 Å². The van der Waals surface area contributed by atoms with Crippen LogP contribution in [0, 0.1) is 5.92 Å². The molecule has 3 rings (SSSR count). The van der Waals surface area contributed by atoms with Crippen LogP contribution in [-0.2, 0) is 16.1 Å². The van der Waals surface area contributed by atoms with E-state index in [0.717, 1.165) is 5.56 Å². The summed E-state index contributed by atoms with van der Waals surface area (Å²) in [6.45, 7) is 1.06. The zero-order valence-electron chi connectivity index (χ0n) is 9.53. The Kier molecular flexibility index (Phi) is 2.88. The molecule has 2 aliphatic rings. The van der Waals surface area contributed by atoms with Crippen LogP contribution in [-0.4, -0.2) is 36.1 Å². The highest BCUT2D eigenvalue weighted by atomic mass is 16.6. The van der Waals surface area contributed by atoms with Crippen LogP contribution in [0.4, 0.5) is 0 Å². The number of fused-ring (bicyclic) bond motifs is 1. The number of rotatable bonds is 4. The first-order chi connectivity index (χ1) is 8.27. The Morgan fingerprint density at radius 1 is 1.24 bits per heavy atom. The minimum Gasteiger partial charge on any atom is -0.390 e. The molecule has 1 heterocycles. The van der Waals surface area contributed by atoms with Crippen molar-refractivity contribution in [1.82, 2.24) is 0 Å². The van der Waals surface area contributed by atoms with Gasteiger partial charge in [-0.3, -0.25) is 0 Å². The van der Waals surface area contributed by atoms with E-state index < -0.39 is 6.10 Å². The normalized spacial score (nSPS) is 39.1. The monoisotopic (exact) mass is 235 g/mol. The van der Waals surface area contributed by atoms with E-state index in [0.29, 0.717) is 13.2 Å². The molecule has 5 atom stereocenters. The van der Waals surface area contributed by atoms with Crippen molar-refractivity contribution in [2.24, 2.45) is 11.7 Å². The van der Waals surface area contributed by atoms with Crippen molar-refractivity contribution in [3.8, 4) is 0 Å². The minimum atomic E-state index is -0.467. The lowest BCUT2D eigenvalue weighted by molar-refractivity contribution is -0.00214. The van der Waals surface area contributed by atoms with E-state index in [1.807, 2.05) is 30.3 Å². The molecule has 4 nitrogen and oxygen atoms in total. The lowest BCUT2D eigenvalue weighted by Crippen LogP contribution is -2.39. The van der Waals surface area contributed by atoms with Gasteiger partial charge in [0.2, 0.25) is 0 Å². The Hall–Kier alpha value is -0.940. The molecule has 3 N–H and O–H groups in total. The molecule has 1 aromatic rings. The van der Waals surface area contributed by atoms with Gasteiger partial charge in [0.25, 0.3) is 0 Å². The van der Waals surface area contributed by atoms with Crippen molar-refractivity contribution in [2.45, 2.75) is 31.0 Å². The first-order valence-electron chi connectivity index (χ1n) is 5.98. The second-order valence-corrected chi connectivity index (χ2v) is 4.80. The van der Waals surface area contributed by atoms with Gasteiger partial charge in [-0.25, -0.2) is 0 Å². The number of aliphatic hydroxyl groups excluding tert-OH is 1. The zero-order valence-corrected chi connectivity index (χ0v) is 9.53. The smallest absolute Gasteiger partial charge is 0.112 e. The lowest BCUT2D eigenvalue weighted by atomic mass is 10.0. The summed E-state index contributed by atoms with van der Waals surface area (Å²) in [5.74, 6) is 0.00228. The van der Waals surface area contributed by atoms with Gasteiger partial charge < -0.3 is 20.3 Å². The van der Waals surface area contributed by atoms with Crippen LogP contribution in [0.5, 0.6) is 0 Å². The van der Waals surface area contributed by atoms with Gasteiger partial charge in [0, 0.05) is 12.0 Å². The Labute approximate surface area is 100 Å². The van der Waals surface area contributed by atoms with Crippen molar-refractivity contribution < 1.29 is 14.6 Å². The molecular formula is C13H17NO3. The second-order valence-electron chi connectivity index (χ2n) is 4.80. The molecular weight excluding hydrogens is 218 g/mol. The molecule has 92 valence electrons. The van der Waals surface area contributed by atoms with Crippen LogP contribution < -0.4 is 5.73 Å². The number of epoxide rings is 1. The summed E-state index contributed by atoms with van der Waals surface area (Å²) in [4.78, 5) is 0. The summed E-state index contributed by atoms with van der Waals surface area (Å²) in [6, 6.07) is 9.89. The third kappa shape index (κ3) is 2.09. The van der Waals surface area contributed by atoms with Gasteiger partial charge in [-0.1, -0.05) is 30.3 Å². The molecule has 17 heavy (non-hydrogen) atoms. The highest BCUT2D eigenvalue weighted by molar-refractivity contribution is 5.14. The topological polar surface area (TPSA) is 68.0 Å². The molecule has 2 fully saturated rings. The molecule has 1 aliphatic heterocycles. The number of hydrogen-bond donors (Lipinski definition) is 2. The third-order valence-corrected chi connectivity index (χ3v) is 3.63. The SMILES string of the molecule is N[C@H]1[C@H](COCc2ccccc2)[C@@H](O)[C@H]2O[C@@H]12. The number of benzene rings is 1. The second kappa shape index (κ2) is 4.38. The summed E-state index contributed by atoms with van der Waals surface area (Å²) in [6.07, 6.45) is -0.462. The van der Waals surface area contributed by atoms with E-state index in [1.54, 1.807) is 0 Å². The van der Waals surface area contributed by atoms with Crippen molar-refractivity contribution in [3.63, 3.8) is 0 Å². The first-order valence-corrected chi connectivity index (χ1v) is 5.98. The van der Waals surface area contributed by atoms with Crippen LogP contribution >= 0.6 is 0 Å². The van der Waals surface area contributed by atoms with Crippen molar-refractivity contribution in [3.05, 3.63) is 35.9 Å². The average molecular weight is 235 g/mol. The van der Waals surface area contributed by atoms with Gasteiger partial charge in [-0.05, 0) is 5.56 Å². The largest absolute Gasteiger partial charge is 0.390 e. The molecule has 1 aliphatic carbocycles. The fourth-order valence-electron chi connectivity index (χ4n) is 2.53. The van der Waals surface area contributed by atoms with Gasteiger partial charge in [0.15, 0.2) is 0 Å². The maximum absolute atomic E-state index is 9.88. The lowest BCUT2D eigenvalue weighted by Gasteiger charge is -2.21. The first kappa shape index (κ1) is 11.2. The maximum atomic E-state index is 9.88. The van der Waals surface area contributed by atoms with Crippen LogP contribution in [0.2, 0.25) is 0 Å². The van der Waals surface area contributed by atoms with Crippen molar-refractivity contribution >= 4 is 0 Å². The maximum Gasteiger partial charge on any atom is 0.112 e. The van der Waals surface area contributed by atoms with Crippen molar-refractivity contribution in [2.75, 3.05) is 6.61 Å². The predicted octanol–water partition coefficient (Wildman–Crippen LogP) is 0.289. The fourth-order valence-corrected chi connectivity index (χ4v) is 2.53. The quantitative estimate of drug-likeness (QED) is 0.736. The molecule has 1 saturated heterocycles. The summed E-state index contributed by atoms with van der Waals surface area (Å²) < 4.78 is 10.9.